The summed E-state index contributed by atoms with van der Waals surface area (Å²) in [5, 5.41) is 8.84. The van der Waals surface area contributed by atoms with Crippen LogP contribution in [0.1, 0.15) is 106 Å². The Bertz CT molecular complexity index is 3450. The molecule has 5 heterocycles. The Morgan fingerprint density at radius 1 is 0.478 bits per heavy atom. The molecule has 15 fully saturated rings. The summed E-state index contributed by atoms with van der Waals surface area (Å²) in [4.78, 5) is 127. The van der Waals surface area contributed by atoms with Crippen molar-refractivity contribution in [1.29, 1.82) is 5.26 Å². The molecule has 0 N–H and O–H groups in total. The van der Waals surface area contributed by atoms with Gasteiger partial charge in [-0.3, -0.25) is 23.4 Å². The highest BCUT2D eigenvalue weighted by atomic mass is 32.2. The zero-order valence-corrected chi connectivity index (χ0v) is 52.7. The molecule has 0 aromatic rings. The van der Waals surface area contributed by atoms with Crippen LogP contribution >= 0.6 is 0 Å². The quantitative estimate of drug-likeness (QED) is 0.102. The van der Waals surface area contributed by atoms with Crippen molar-refractivity contribution in [1.82, 2.24) is 0 Å². The van der Waals surface area contributed by atoms with E-state index in [9.17, 15) is 66.4 Å². The second-order valence-electron chi connectivity index (χ2n) is 27.7. The van der Waals surface area contributed by atoms with Crippen LogP contribution in [0.4, 0.5) is 0 Å². The van der Waals surface area contributed by atoms with Crippen LogP contribution in [0.5, 0.6) is 0 Å². The summed E-state index contributed by atoms with van der Waals surface area (Å²) < 4.78 is 85.8. The molecule has 15 aliphatic rings. The molecule has 10 aliphatic carbocycles. The van der Waals surface area contributed by atoms with Crippen molar-refractivity contribution >= 4 is 75.8 Å². The Hall–Kier alpha value is -7.73. The molecule has 0 radical (unpaired) electrons. The fraction of sp³-hybridized carbons (Fsp3) is 0.662. The van der Waals surface area contributed by atoms with Gasteiger partial charge in [0, 0.05) is 87.0 Å². The smallest absolute Gasteiger partial charge is 0.344 e. The maximum absolute atomic E-state index is 11.9. The van der Waals surface area contributed by atoms with Crippen LogP contribution in [0.25, 0.3) is 0 Å². The van der Waals surface area contributed by atoms with Crippen LogP contribution in [-0.2, 0) is 119 Å². The third-order valence-electron chi connectivity index (χ3n) is 21.6. The highest BCUT2D eigenvalue weighted by Gasteiger charge is 2.73. The lowest BCUT2D eigenvalue weighted by molar-refractivity contribution is -0.168. The first-order valence-electron chi connectivity index (χ1n) is 31.1. The van der Waals surface area contributed by atoms with Crippen LogP contribution in [0.3, 0.4) is 0 Å². The van der Waals surface area contributed by atoms with E-state index in [0.717, 1.165) is 44.9 Å². The summed E-state index contributed by atoms with van der Waals surface area (Å²) in [6.45, 7) is 26.3. The van der Waals surface area contributed by atoms with Gasteiger partial charge in [0.25, 0.3) is 10.1 Å². The summed E-state index contributed by atoms with van der Waals surface area (Å²) in [5.41, 5.74) is 0.0996. The second kappa shape index (κ2) is 24.3. The zero-order valence-electron chi connectivity index (χ0n) is 51.9. The highest BCUT2D eigenvalue weighted by molar-refractivity contribution is 7.87. The van der Waals surface area contributed by atoms with Crippen molar-refractivity contribution < 1.29 is 117 Å². The van der Waals surface area contributed by atoms with Gasteiger partial charge in [0.15, 0.2) is 18.6 Å². The molecule has 496 valence electrons. The number of fused-ring (bicyclic) bond motifs is 5. The minimum Gasteiger partial charge on any atom is -0.458 e. The molecule has 0 aromatic heterocycles. The molecule has 10 bridgehead atoms. The fourth-order valence-electron chi connectivity index (χ4n) is 17.4. The minimum atomic E-state index is -3.43. The van der Waals surface area contributed by atoms with Gasteiger partial charge in [-0.2, -0.15) is 13.7 Å². The average Bonchev–Trinajstić information content (AvgIpc) is 1.56. The molecule has 0 aromatic carbocycles. The van der Waals surface area contributed by atoms with Crippen LogP contribution < -0.4 is 0 Å². The molecule has 25 unspecified atom stereocenters. The van der Waals surface area contributed by atoms with E-state index in [1.807, 2.05) is 6.92 Å². The highest BCUT2D eigenvalue weighted by Crippen LogP contribution is 2.64. The largest absolute Gasteiger partial charge is 0.458 e. The molecular formula is C65H75NO25S. The van der Waals surface area contributed by atoms with E-state index in [2.05, 4.69) is 39.0 Å². The first kappa shape index (κ1) is 65.8. The van der Waals surface area contributed by atoms with Crippen LogP contribution in [-0.4, -0.2) is 154 Å². The zero-order chi connectivity index (χ0) is 66.7. The summed E-state index contributed by atoms with van der Waals surface area (Å²) in [5.74, 6) is -3.36. The molecular weight excluding hydrogens is 1230 g/mol. The van der Waals surface area contributed by atoms with E-state index in [1.54, 1.807) is 20.8 Å². The first-order chi connectivity index (χ1) is 43.3. The van der Waals surface area contributed by atoms with Crippen molar-refractivity contribution in [2.45, 2.75) is 172 Å². The van der Waals surface area contributed by atoms with Gasteiger partial charge in [0.2, 0.25) is 0 Å². The van der Waals surface area contributed by atoms with Crippen molar-refractivity contribution in [3.8, 4) is 6.07 Å². The minimum absolute atomic E-state index is 0.00733. The number of carbonyl (C=O) groups excluding carboxylic acids is 11. The lowest BCUT2D eigenvalue weighted by atomic mass is 9.74. The van der Waals surface area contributed by atoms with E-state index in [-0.39, 0.29) is 130 Å². The number of hydrogen-bond donors (Lipinski definition) is 0. The predicted molar refractivity (Wildman–Crippen MR) is 307 cm³/mol. The molecule has 5 aliphatic heterocycles. The molecule has 15 rings (SSSR count). The van der Waals surface area contributed by atoms with Gasteiger partial charge < -0.3 is 52.1 Å². The Kier molecular flexibility index (Phi) is 17.4. The average molecular weight is 1300 g/mol. The molecule has 26 nitrogen and oxygen atoms in total. The molecule has 0 spiro atoms. The van der Waals surface area contributed by atoms with Gasteiger partial charge in [-0.15, -0.1) is 0 Å². The van der Waals surface area contributed by atoms with Gasteiger partial charge in [0.05, 0.1) is 28.6 Å². The molecule has 10 saturated carbocycles. The van der Waals surface area contributed by atoms with Gasteiger partial charge in [0.1, 0.15) is 61.0 Å². The Balaban J connectivity index is 0.000000118. The van der Waals surface area contributed by atoms with Crippen LogP contribution in [0.2, 0.25) is 0 Å². The molecule has 0 amide bonds. The lowest BCUT2D eigenvalue weighted by Crippen LogP contribution is -2.39. The Morgan fingerprint density at radius 2 is 0.870 bits per heavy atom. The standard InChI is InChI=1S/C15H18O6.C14H16O6.C13H13NO4.C12H14O4.C11H14O5S/c1-7(2)13(17)19-6-10(16)20-11-8-4-9-12(11)21-14(18)15(9,3)5-8;1-6(2)13(16)18-5-10(15)19-11-7-3-8-9(4-7)14(17)20-12(8)11;1-6(2)11(15)17-9-7-3-8-10(9)18-12(16)13(8,4-7)5-14;1-5(2)11(13)15-9-6-3-7-8(4-6)12(14)16-10(7)9;1-5(2)11(12)15-9-6-3-7-8(4-6)17(13,14)16-10(7)9/h8-9,11-12H,1,4-6H2,2-3H3;7-9,11-12H,1,3-5H2,2H3;7-10H,1,3-4H2,2H3;6-10H,1,3-4H2,2H3;6-10H,1,3-4H2,2H3. The number of ether oxygens (including phenoxy) is 11. The molecule has 92 heavy (non-hydrogen) atoms. The predicted octanol–water partition coefficient (Wildman–Crippen LogP) is 4.20. The summed E-state index contributed by atoms with van der Waals surface area (Å²) in [6.07, 6.45) is 3.76. The summed E-state index contributed by atoms with van der Waals surface area (Å²) in [6, 6.07) is 2.11. The number of nitrogens with zero attached hydrogens (tertiary/aromatic N) is 1. The normalized spacial score (nSPS) is 41.2. The Labute approximate surface area is 530 Å². The molecule has 25 atom stereocenters. The van der Waals surface area contributed by atoms with Crippen LogP contribution in [0.15, 0.2) is 60.8 Å². The van der Waals surface area contributed by atoms with Gasteiger partial charge >= 0.3 is 65.7 Å². The van der Waals surface area contributed by atoms with Crippen molar-refractivity contribution in [3.05, 3.63) is 60.8 Å². The van der Waals surface area contributed by atoms with E-state index in [1.165, 1.54) is 13.8 Å². The maximum Gasteiger partial charge on any atom is 0.344 e. The number of rotatable bonds is 14. The Morgan fingerprint density at radius 3 is 1.35 bits per heavy atom. The molecule has 5 saturated heterocycles. The van der Waals surface area contributed by atoms with E-state index >= 15 is 0 Å². The van der Waals surface area contributed by atoms with Crippen molar-refractivity contribution in [2.24, 2.45) is 81.8 Å². The monoisotopic (exact) mass is 1300 g/mol. The van der Waals surface area contributed by atoms with Crippen molar-refractivity contribution in [3.63, 3.8) is 0 Å². The number of hydrogen-bond acceptors (Lipinski definition) is 26. The number of nitriles is 1. The van der Waals surface area contributed by atoms with Gasteiger partial charge in [-0.05, 0) is 106 Å². The second-order valence-corrected chi connectivity index (χ2v) is 29.5. The SMILES string of the molecule is C=C(C)C(=O)OC1C2CC3C(=O)OC1C3C2.C=C(C)C(=O)OC1C2CC3C1OC(=O)C3(C#N)C2.C=C(C)C(=O)OC1C2CC3C1OS(=O)(=O)C3C2.C=C(C)C(=O)OCC(=O)OC1C2CC3C(=O)OC1C3C2.C=C(C)C(=O)OCC(=O)OC1C2CC3C1OC(=O)C3(C)C2. The fourth-order valence-corrected chi connectivity index (χ4v) is 19.3. The topological polar surface area (TPSA) is 356 Å². The number of esters is 11. The van der Waals surface area contributed by atoms with Crippen molar-refractivity contribution in [2.75, 3.05) is 13.2 Å². The van der Waals surface area contributed by atoms with Crippen LogP contribution in [0, 0.1) is 93.2 Å². The summed E-state index contributed by atoms with van der Waals surface area (Å²) >= 11 is 0. The summed E-state index contributed by atoms with van der Waals surface area (Å²) in [7, 11) is -3.43. The lowest BCUT2D eigenvalue weighted by Gasteiger charge is -2.29. The van der Waals surface area contributed by atoms with E-state index in [0.29, 0.717) is 41.9 Å². The molecule has 27 heteroatoms. The number of carbonyl (C=O) groups is 11. The maximum atomic E-state index is 11.9. The van der Waals surface area contributed by atoms with Gasteiger partial charge in [-0.1, -0.05) is 32.9 Å². The third kappa shape index (κ3) is 11.4. The first-order valence-corrected chi connectivity index (χ1v) is 32.5. The third-order valence-corrected chi connectivity index (χ3v) is 23.4. The van der Waals surface area contributed by atoms with E-state index < -0.39 is 113 Å². The van der Waals surface area contributed by atoms with E-state index in [4.69, 9.17) is 56.3 Å². The van der Waals surface area contributed by atoms with Gasteiger partial charge in [-0.25, -0.2) is 33.6 Å².